The Morgan fingerprint density at radius 2 is 1.49 bits per heavy atom. The molecule has 0 unspecified atom stereocenters. The van der Waals surface area contributed by atoms with Crippen molar-refractivity contribution in [1.29, 1.82) is 0 Å². The van der Waals surface area contributed by atoms with Gasteiger partial charge in [-0.3, -0.25) is 9.59 Å². The van der Waals surface area contributed by atoms with E-state index in [1.165, 1.54) is 4.31 Å². The number of nitrogens with one attached hydrogen (secondary N) is 1. The summed E-state index contributed by atoms with van der Waals surface area (Å²) in [7, 11) is -1.91. The van der Waals surface area contributed by atoms with Crippen LogP contribution in [-0.2, 0) is 43.7 Å². The molecule has 4 rings (SSSR count). The van der Waals surface area contributed by atoms with Crippen LogP contribution in [0.15, 0.2) is 89.8 Å². The molecule has 1 heterocycles. The van der Waals surface area contributed by atoms with E-state index in [2.05, 4.69) is 5.32 Å². The summed E-state index contributed by atoms with van der Waals surface area (Å²) < 4.78 is 32.4. The molecule has 0 spiro atoms. The molecule has 0 aromatic heterocycles. The maximum Gasteiger partial charge on any atom is 0.243 e. The van der Waals surface area contributed by atoms with Crippen molar-refractivity contribution in [3.05, 3.63) is 102 Å². The summed E-state index contributed by atoms with van der Waals surface area (Å²) in [5, 5.41) is 2.92. The second kappa shape index (κ2) is 14.9. The van der Waals surface area contributed by atoms with Gasteiger partial charge in [-0.2, -0.15) is 4.31 Å². The van der Waals surface area contributed by atoms with E-state index in [0.29, 0.717) is 45.6 Å². The zero-order valence-corrected chi connectivity index (χ0v) is 24.4. The van der Waals surface area contributed by atoms with Crippen molar-refractivity contribution in [3.63, 3.8) is 0 Å². The summed E-state index contributed by atoms with van der Waals surface area (Å²) in [5.74, 6) is -0.378. The standard InChI is InChI=1S/C32H39N3O5S/c1-40-23-20-33-32(37)30(24-27-10-4-2-5-11-27)35(25-28-12-6-3-7-13-28)31(36)19-16-26-14-17-29(18-15-26)41(38,39)34-21-8-9-22-34/h2-7,10-15,17-18,30H,8-9,16,19-25H2,1H3,(H,33,37)/t30-/m0/s1. The Kier molecular flexibility index (Phi) is 11.1. The van der Waals surface area contributed by atoms with Gasteiger partial charge < -0.3 is 15.0 Å². The van der Waals surface area contributed by atoms with Gasteiger partial charge in [0, 0.05) is 46.1 Å². The lowest BCUT2D eigenvalue weighted by atomic mass is 10.0. The second-order valence-electron chi connectivity index (χ2n) is 10.3. The van der Waals surface area contributed by atoms with Crippen molar-refractivity contribution < 1.29 is 22.7 Å². The Morgan fingerprint density at radius 3 is 2.10 bits per heavy atom. The Hall–Kier alpha value is -3.53. The molecule has 0 bridgehead atoms. The van der Waals surface area contributed by atoms with Crippen LogP contribution >= 0.6 is 0 Å². The number of hydrogen-bond acceptors (Lipinski definition) is 5. The van der Waals surface area contributed by atoms with Gasteiger partial charge in [-0.05, 0) is 48.1 Å². The van der Waals surface area contributed by atoms with Crippen LogP contribution in [0.25, 0.3) is 0 Å². The molecule has 0 radical (unpaired) electrons. The van der Waals surface area contributed by atoms with E-state index in [0.717, 1.165) is 29.5 Å². The van der Waals surface area contributed by atoms with Crippen LogP contribution in [0.4, 0.5) is 0 Å². The van der Waals surface area contributed by atoms with Crippen LogP contribution in [0, 0.1) is 0 Å². The number of sulfonamides is 1. The Morgan fingerprint density at radius 1 is 0.878 bits per heavy atom. The van der Waals surface area contributed by atoms with Gasteiger partial charge in [0.2, 0.25) is 21.8 Å². The molecule has 0 aliphatic carbocycles. The number of amides is 2. The average Bonchev–Trinajstić information content (AvgIpc) is 3.55. The molecular formula is C32H39N3O5S. The Labute approximate surface area is 243 Å². The van der Waals surface area contributed by atoms with Gasteiger partial charge in [0.05, 0.1) is 11.5 Å². The molecule has 1 aliphatic heterocycles. The van der Waals surface area contributed by atoms with Crippen molar-refractivity contribution in [2.45, 2.75) is 49.6 Å². The van der Waals surface area contributed by atoms with Gasteiger partial charge in [0.25, 0.3) is 0 Å². The molecule has 218 valence electrons. The lowest BCUT2D eigenvalue weighted by molar-refractivity contribution is -0.141. The molecule has 1 N–H and O–H groups in total. The van der Waals surface area contributed by atoms with Crippen LogP contribution in [-0.4, -0.2) is 68.8 Å². The highest BCUT2D eigenvalue weighted by Gasteiger charge is 2.30. The van der Waals surface area contributed by atoms with Crippen LogP contribution in [0.3, 0.4) is 0 Å². The normalized spacial score (nSPS) is 14.5. The largest absolute Gasteiger partial charge is 0.383 e. The fourth-order valence-electron chi connectivity index (χ4n) is 5.03. The van der Waals surface area contributed by atoms with Crippen LogP contribution in [0.5, 0.6) is 0 Å². The molecule has 1 atom stereocenters. The minimum atomic E-state index is -3.49. The number of ether oxygens (including phenoxy) is 1. The Bertz CT molecular complexity index is 1360. The van der Waals surface area contributed by atoms with Gasteiger partial charge >= 0.3 is 0 Å². The number of aryl methyl sites for hydroxylation is 1. The molecule has 1 aliphatic rings. The smallest absolute Gasteiger partial charge is 0.243 e. The van der Waals surface area contributed by atoms with Crippen LogP contribution < -0.4 is 5.32 Å². The summed E-state index contributed by atoms with van der Waals surface area (Å²) in [6.07, 6.45) is 2.75. The second-order valence-corrected chi connectivity index (χ2v) is 12.2. The van der Waals surface area contributed by atoms with Gasteiger partial charge in [-0.1, -0.05) is 72.8 Å². The van der Waals surface area contributed by atoms with Crippen molar-refractivity contribution in [3.8, 4) is 0 Å². The fraction of sp³-hybridized carbons (Fsp3) is 0.375. The first-order valence-electron chi connectivity index (χ1n) is 14.1. The summed E-state index contributed by atoms with van der Waals surface area (Å²) in [6.45, 7) is 2.13. The van der Waals surface area contributed by atoms with Crippen molar-refractivity contribution in [1.82, 2.24) is 14.5 Å². The van der Waals surface area contributed by atoms with Gasteiger partial charge in [0.15, 0.2) is 0 Å². The zero-order valence-electron chi connectivity index (χ0n) is 23.6. The van der Waals surface area contributed by atoms with Crippen LogP contribution in [0.1, 0.15) is 36.0 Å². The monoisotopic (exact) mass is 577 g/mol. The number of benzene rings is 3. The first-order valence-corrected chi connectivity index (χ1v) is 15.6. The number of carbonyl (C=O) groups excluding carboxylic acids is 2. The third kappa shape index (κ3) is 8.48. The predicted octanol–water partition coefficient (Wildman–Crippen LogP) is 3.81. The van der Waals surface area contributed by atoms with Gasteiger partial charge in [-0.25, -0.2) is 8.42 Å². The predicted molar refractivity (Wildman–Crippen MR) is 159 cm³/mol. The Balaban J connectivity index is 1.52. The molecule has 41 heavy (non-hydrogen) atoms. The molecule has 0 saturated carbocycles. The third-order valence-corrected chi connectivity index (χ3v) is 9.24. The van der Waals surface area contributed by atoms with E-state index in [4.69, 9.17) is 4.74 Å². The molecule has 1 saturated heterocycles. The number of hydrogen-bond donors (Lipinski definition) is 1. The van der Waals surface area contributed by atoms with E-state index in [1.54, 1.807) is 36.3 Å². The van der Waals surface area contributed by atoms with E-state index in [9.17, 15) is 18.0 Å². The molecule has 8 nitrogen and oxygen atoms in total. The SMILES string of the molecule is COCCNC(=O)[C@H](Cc1ccccc1)N(Cc1ccccc1)C(=O)CCc1ccc(S(=O)(=O)N2CCCC2)cc1. The molecule has 1 fully saturated rings. The summed E-state index contributed by atoms with van der Waals surface area (Å²) >= 11 is 0. The van der Waals surface area contributed by atoms with E-state index < -0.39 is 16.1 Å². The third-order valence-electron chi connectivity index (χ3n) is 7.33. The fourth-order valence-corrected chi connectivity index (χ4v) is 6.55. The van der Waals surface area contributed by atoms with Gasteiger partial charge in [-0.15, -0.1) is 0 Å². The number of nitrogens with zero attached hydrogens (tertiary/aromatic N) is 2. The van der Waals surface area contributed by atoms with Crippen LogP contribution in [0.2, 0.25) is 0 Å². The molecule has 3 aromatic rings. The number of rotatable bonds is 14. The number of carbonyl (C=O) groups is 2. The molecule has 9 heteroatoms. The van der Waals surface area contributed by atoms with Crippen molar-refractivity contribution >= 4 is 21.8 Å². The topological polar surface area (TPSA) is 96.0 Å². The first kappa shape index (κ1) is 30.4. The number of methoxy groups -OCH3 is 1. The highest BCUT2D eigenvalue weighted by Crippen LogP contribution is 2.22. The lowest BCUT2D eigenvalue weighted by Gasteiger charge is -2.31. The average molecular weight is 578 g/mol. The molecule has 2 amide bonds. The first-order chi connectivity index (χ1) is 19.9. The van der Waals surface area contributed by atoms with Crippen molar-refractivity contribution in [2.75, 3.05) is 33.4 Å². The maximum absolute atomic E-state index is 13.8. The minimum Gasteiger partial charge on any atom is -0.383 e. The summed E-state index contributed by atoms with van der Waals surface area (Å²) in [4.78, 5) is 29.2. The lowest BCUT2D eigenvalue weighted by Crippen LogP contribution is -2.51. The maximum atomic E-state index is 13.8. The van der Waals surface area contributed by atoms with Gasteiger partial charge in [0.1, 0.15) is 6.04 Å². The van der Waals surface area contributed by atoms with E-state index in [-0.39, 0.29) is 23.1 Å². The van der Waals surface area contributed by atoms with E-state index in [1.807, 2.05) is 60.7 Å². The molecular weight excluding hydrogens is 538 g/mol. The quantitative estimate of drug-likeness (QED) is 0.294. The summed E-state index contributed by atoms with van der Waals surface area (Å²) in [5.41, 5.74) is 2.75. The molecule has 3 aromatic carbocycles. The van der Waals surface area contributed by atoms with Crippen molar-refractivity contribution in [2.24, 2.45) is 0 Å². The highest BCUT2D eigenvalue weighted by atomic mass is 32.2. The summed E-state index contributed by atoms with van der Waals surface area (Å²) in [6, 6.07) is 25.4. The minimum absolute atomic E-state index is 0.148. The van der Waals surface area contributed by atoms with E-state index >= 15 is 0 Å². The highest BCUT2D eigenvalue weighted by molar-refractivity contribution is 7.89. The zero-order chi connectivity index (χ0) is 29.1.